The highest BCUT2D eigenvalue weighted by atomic mass is 16.5. The van der Waals surface area contributed by atoms with E-state index in [1.165, 1.54) is 0 Å². The van der Waals surface area contributed by atoms with Crippen molar-refractivity contribution in [1.29, 1.82) is 0 Å². The molecule has 6 aromatic rings. The molecule has 10 nitrogen and oxygen atoms in total. The third kappa shape index (κ3) is 6.81. The van der Waals surface area contributed by atoms with Crippen LogP contribution in [-0.4, -0.2) is 49.8 Å². The predicted molar refractivity (Wildman–Crippen MR) is 195 cm³/mol. The van der Waals surface area contributed by atoms with Crippen molar-refractivity contribution >= 4 is 21.5 Å². The molecular formula is C41H44N2O8+2. The largest absolute Gasteiger partial charge is 0.493 e. The van der Waals surface area contributed by atoms with Gasteiger partial charge in [-0.05, 0) is 58.8 Å². The van der Waals surface area contributed by atoms with Crippen molar-refractivity contribution in [3.63, 3.8) is 0 Å². The Morgan fingerprint density at radius 1 is 0.412 bits per heavy atom. The topological polar surface area (TPSA) is 81.6 Å². The summed E-state index contributed by atoms with van der Waals surface area (Å²) in [5.41, 5.74) is 4.07. The van der Waals surface area contributed by atoms with Gasteiger partial charge in [-0.1, -0.05) is 6.07 Å². The van der Waals surface area contributed by atoms with E-state index in [-0.39, 0.29) is 0 Å². The molecule has 2 aromatic heterocycles. The van der Waals surface area contributed by atoms with E-state index in [9.17, 15) is 0 Å². The summed E-state index contributed by atoms with van der Waals surface area (Å²) >= 11 is 0. The standard InChI is InChI=1S/C41H44N2O8/c1-42-14-12-26-19-35(45-4)38(48-7)22-29(26)31(42)16-25-10-11-33(44-3)41(17-25)51-34-24-40(50-9)37(47-6)21-28(34)18-32-30-23-39(49-8)36(46-5)20-27(30)13-15-43(32)2/h10-15,17,19-24H,16,18H2,1-9H3/q+2. The van der Waals surface area contributed by atoms with Crippen LogP contribution in [0.3, 0.4) is 0 Å². The number of hydrogen-bond donors (Lipinski definition) is 0. The van der Waals surface area contributed by atoms with Crippen LogP contribution in [0.25, 0.3) is 21.5 Å². The lowest BCUT2D eigenvalue weighted by Gasteiger charge is -2.18. The van der Waals surface area contributed by atoms with Crippen LogP contribution in [0.5, 0.6) is 51.7 Å². The van der Waals surface area contributed by atoms with Gasteiger partial charge in [-0.3, -0.25) is 0 Å². The van der Waals surface area contributed by atoms with Gasteiger partial charge in [0.25, 0.3) is 0 Å². The molecule has 0 amide bonds. The number of aryl methyl sites for hydroxylation is 2. The van der Waals surface area contributed by atoms with E-state index in [0.29, 0.717) is 64.6 Å². The normalized spacial score (nSPS) is 11.0. The second-order valence-corrected chi connectivity index (χ2v) is 12.1. The van der Waals surface area contributed by atoms with Crippen LogP contribution >= 0.6 is 0 Å². The number of hydrogen-bond acceptors (Lipinski definition) is 8. The van der Waals surface area contributed by atoms with Crippen LogP contribution in [0.2, 0.25) is 0 Å². The van der Waals surface area contributed by atoms with E-state index in [1.807, 2.05) is 68.8 Å². The summed E-state index contributed by atoms with van der Waals surface area (Å²) in [4.78, 5) is 0. The summed E-state index contributed by atoms with van der Waals surface area (Å²) in [5.74, 6) is 5.60. The van der Waals surface area contributed by atoms with Crippen LogP contribution in [0, 0.1) is 0 Å². The van der Waals surface area contributed by atoms with Gasteiger partial charge in [0.15, 0.2) is 69.8 Å². The Morgan fingerprint density at radius 2 is 0.863 bits per heavy atom. The molecule has 0 aliphatic carbocycles. The van der Waals surface area contributed by atoms with Crippen molar-refractivity contribution in [1.82, 2.24) is 0 Å². The van der Waals surface area contributed by atoms with Gasteiger partial charge < -0.3 is 37.9 Å². The van der Waals surface area contributed by atoms with Crippen molar-refractivity contribution in [2.75, 3.05) is 49.8 Å². The number of nitrogens with zero attached hydrogens (tertiary/aromatic N) is 2. The van der Waals surface area contributed by atoms with E-state index >= 15 is 0 Å². The van der Waals surface area contributed by atoms with Crippen LogP contribution in [0.4, 0.5) is 0 Å². The Labute approximate surface area is 298 Å². The number of ether oxygens (including phenoxy) is 8. The molecule has 0 bridgehead atoms. The van der Waals surface area contributed by atoms with Gasteiger partial charge in [0.05, 0.1) is 73.4 Å². The zero-order valence-corrected chi connectivity index (χ0v) is 30.6. The summed E-state index contributed by atoms with van der Waals surface area (Å²) in [6.07, 6.45) is 5.23. The predicted octanol–water partition coefficient (Wildman–Crippen LogP) is 6.68. The Balaban J connectivity index is 1.44. The fourth-order valence-electron chi connectivity index (χ4n) is 6.49. The van der Waals surface area contributed by atoms with Crippen molar-refractivity contribution in [2.45, 2.75) is 12.8 Å². The number of methoxy groups -OCH3 is 7. The highest BCUT2D eigenvalue weighted by molar-refractivity contribution is 5.88. The minimum atomic E-state index is 0.512. The van der Waals surface area contributed by atoms with E-state index in [1.54, 1.807) is 49.8 Å². The summed E-state index contributed by atoms with van der Waals surface area (Å²) < 4.78 is 50.8. The maximum absolute atomic E-state index is 6.78. The second-order valence-electron chi connectivity index (χ2n) is 12.1. The molecule has 10 heteroatoms. The molecule has 0 unspecified atom stereocenters. The molecule has 0 aliphatic rings. The SMILES string of the molecule is COc1cc(Cc2c3cc(OC)c(OC)cc3cc[n+]2C)c(Oc2cc(Cc3c4cc(OC)c(OC)cc4cc[n+]3C)ccc2OC)cc1OC. The van der Waals surface area contributed by atoms with Gasteiger partial charge in [0, 0.05) is 23.8 Å². The summed E-state index contributed by atoms with van der Waals surface area (Å²) in [5, 5.41) is 4.17. The van der Waals surface area contributed by atoms with E-state index in [0.717, 1.165) is 44.1 Å². The molecule has 264 valence electrons. The lowest BCUT2D eigenvalue weighted by Crippen LogP contribution is -2.33. The molecule has 0 spiro atoms. The lowest BCUT2D eigenvalue weighted by atomic mass is 10.0. The maximum Gasteiger partial charge on any atom is 0.193 e. The number of fused-ring (bicyclic) bond motifs is 2. The van der Waals surface area contributed by atoms with E-state index < -0.39 is 0 Å². The van der Waals surface area contributed by atoms with Gasteiger partial charge in [-0.15, -0.1) is 0 Å². The summed E-state index contributed by atoms with van der Waals surface area (Å²) in [7, 11) is 15.5. The van der Waals surface area contributed by atoms with Crippen molar-refractivity contribution in [2.24, 2.45) is 14.1 Å². The first kappa shape index (κ1) is 34.9. The molecule has 0 N–H and O–H groups in total. The molecule has 0 aliphatic heterocycles. The number of benzene rings is 4. The minimum Gasteiger partial charge on any atom is -0.493 e. The summed E-state index contributed by atoms with van der Waals surface area (Å²) in [6, 6.07) is 22.0. The summed E-state index contributed by atoms with van der Waals surface area (Å²) in [6.45, 7) is 0. The van der Waals surface area contributed by atoms with Crippen LogP contribution in [-0.2, 0) is 26.9 Å². The van der Waals surface area contributed by atoms with Crippen LogP contribution < -0.4 is 47.0 Å². The first-order valence-electron chi connectivity index (χ1n) is 16.4. The van der Waals surface area contributed by atoms with Gasteiger partial charge in [-0.25, -0.2) is 9.13 Å². The first-order valence-corrected chi connectivity index (χ1v) is 16.4. The van der Waals surface area contributed by atoms with Crippen LogP contribution in [0.15, 0.2) is 79.1 Å². The third-order valence-corrected chi connectivity index (χ3v) is 9.28. The van der Waals surface area contributed by atoms with Gasteiger partial charge in [0.2, 0.25) is 0 Å². The number of pyridine rings is 2. The maximum atomic E-state index is 6.78. The van der Waals surface area contributed by atoms with Gasteiger partial charge in [-0.2, -0.15) is 0 Å². The second kappa shape index (κ2) is 14.9. The van der Waals surface area contributed by atoms with Crippen LogP contribution in [0.1, 0.15) is 22.5 Å². The zero-order chi connectivity index (χ0) is 36.2. The van der Waals surface area contributed by atoms with Crippen molar-refractivity contribution < 1.29 is 47.0 Å². The van der Waals surface area contributed by atoms with Gasteiger partial charge in [0.1, 0.15) is 19.8 Å². The first-order chi connectivity index (χ1) is 24.7. The van der Waals surface area contributed by atoms with Crippen molar-refractivity contribution in [3.05, 3.63) is 102 Å². The molecule has 51 heavy (non-hydrogen) atoms. The van der Waals surface area contributed by atoms with E-state index in [2.05, 4.69) is 33.5 Å². The van der Waals surface area contributed by atoms with Gasteiger partial charge >= 0.3 is 0 Å². The molecule has 0 saturated carbocycles. The highest BCUT2D eigenvalue weighted by Crippen LogP contribution is 2.42. The average Bonchev–Trinajstić information content (AvgIpc) is 3.16. The number of rotatable bonds is 13. The minimum absolute atomic E-state index is 0.512. The van der Waals surface area contributed by atoms with Crippen molar-refractivity contribution in [3.8, 4) is 51.7 Å². The Bertz CT molecular complexity index is 2230. The Morgan fingerprint density at radius 3 is 1.37 bits per heavy atom. The average molecular weight is 693 g/mol. The molecular weight excluding hydrogens is 648 g/mol. The zero-order valence-electron chi connectivity index (χ0n) is 30.6. The quantitative estimate of drug-likeness (QED) is 0.124. The Hall–Kier alpha value is -5.90. The number of aromatic nitrogens is 2. The molecule has 6 rings (SSSR count). The molecule has 2 heterocycles. The molecule has 0 radical (unpaired) electrons. The molecule has 0 saturated heterocycles. The highest BCUT2D eigenvalue weighted by Gasteiger charge is 2.23. The smallest absolute Gasteiger partial charge is 0.193 e. The monoisotopic (exact) mass is 692 g/mol. The molecule has 0 fully saturated rings. The fraction of sp³-hybridized carbons (Fsp3) is 0.268. The van der Waals surface area contributed by atoms with E-state index in [4.69, 9.17) is 37.9 Å². The lowest BCUT2D eigenvalue weighted by molar-refractivity contribution is -0.677. The third-order valence-electron chi connectivity index (χ3n) is 9.28. The fourth-order valence-corrected chi connectivity index (χ4v) is 6.49. The molecule has 0 atom stereocenters. The Kier molecular flexibility index (Phi) is 10.2. The molecule has 4 aromatic carbocycles.